The number of fused-ring (bicyclic) bond motifs is 1. The Morgan fingerprint density at radius 2 is 1.80 bits per heavy atom. The van der Waals surface area contributed by atoms with Gasteiger partial charge < -0.3 is 4.90 Å². The normalized spacial score (nSPS) is 13.3. The third-order valence-corrected chi connectivity index (χ3v) is 7.74. The van der Waals surface area contributed by atoms with E-state index < -0.39 is 10.0 Å². The Hall–Kier alpha value is -3.98. The predicted octanol–water partition coefficient (Wildman–Crippen LogP) is 3.41. The van der Waals surface area contributed by atoms with Crippen molar-refractivity contribution in [1.29, 1.82) is 0 Å². The number of nitrogens with zero attached hydrogens (tertiary/aromatic N) is 5. The van der Waals surface area contributed by atoms with Crippen LogP contribution in [-0.4, -0.2) is 40.5 Å². The molecule has 0 atom stereocenters. The van der Waals surface area contributed by atoms with Crippen LogP contribution in [0.1, 0.15) is 27.2 Å². The van der Waals surface area contributed by atoms with Gasteiger partial charge in [0.2, 0.25) is 0 Å². The maximum absolute atomic E-state index is 13.6. The molecule has 0 saturated carbocycles. The zero-order chi connectivity index (χ0) is 24.4. The van der Waals surface area contributed by atoms with E-state index >= 15 is 0 Å². The summed E-state index contributed by atoms with van der Waals surface area (Å²) in [5.41, 5.74) is 3.89. The molecule has 0 unspecified atom stereocenters. The number of hydrogen-bond acceptors (Lipinski definition) is 5. The Balaban J connectivity index is 1.46. The number of aryl methyl sites for hydroxylation is 1. The summed E-state index contributed by atoms with van der Waals surface area (Å²) < 4.78 is 30.1. The van der Waals surface area contributed by atoms with E-state index in [4.69, 9.17) is 0 Å². The van der Waals surface area contributed by atoms with Gasteiger partial charge in [-0.15, -0.1) is 0 Å². The average Bonchev–Trinajstić information content (AvgIpc) is 3.34. The van der Waals surface area contributed by atoms with E-state index in [0.717, 1.165) is 16.7 Å². The quantitative estimate of drug-likeness (QED) is 0.416. The molecule has 0 spiro atoms. The SMILES string of the molecule is Cn1ccc(S(=O)(=O)N(Cc2ccccc2)c2ccc3c(c2)CCN(C(=O)c2ccccn2)C3)n1. The number of benzene rings is 2. The first-order valence-corrected chi connectivity index (χ1v) is 12.7. The molecule has 0 bridgehead atoms. The molecule has 4 aromatic rings. The highest BCUT2D eigenvalue weighted by Gasteiger charge is 2.29. The van der Waals surface area contributed by atoms with Crippen LogP contribution in [0.3, 0.4) is 0 Å². The summed E-state index contributed by atoms with van der Waals surface area (Å²) >= 11 is 0. The lowest BCUT2D eigenvalue weighted by Crippen LogP contribution is -2.36. The van der Waals surface area contributed by atoms with Crippen molar-refractivity contribution in [1.82, 2.24) is 19.7 Å². The van der Waals surface area contributed by atoms with Gasteiger partial charge >= 0.3 is 0 Å². The van der Waals surface area contributed by atoms with E-state index in [1.807, 2.05) is 42.5 Å². The fourth-order valence-corrected chi connectivity index (χ4v) is 5.63. The maximum atomic E-state index is 13.6. The van der Waals surface area contributed by atoms with E-state index in [2.05, 4.69) is 10.1 Å². The van der Waals surface area contributed by atoms with Gasteiger partial charge in [-0.2, -0.15) is 13.5 Å². The fourth-order valence-electron chi connectivity index (χ4n) is 4.23. The minimum absolute atomic E-state index is 0.000727. The van der Waals surface area contributed by atoms with Crippen molar-refractivity contribution in [3.05, 3.63) is 108 Å². The molecule has 3 heterocycles. The largest absolute Gasteiger partial charge is 0.333 e. The van der Waals surface area contributed by atoms with Gasteiger partial charge in [-0.3, -0.25) is 18.8 Å². The van der Waals surface area contributed by atoms with Gasteiger partial charge in [0.25, 0.3) is 15.9 Å². The smallest absolute Gasteiger partial charge is 0.283 e. The van der Waals surface area contributed by atoms with Gasteiger partial charge in [0, 0.05) is 32.5 Å². The van der Waals surface area contributed by atoms with Gasteiger partial charge in [-0.25, -0.2) is 0 Å². The second-order valence-electron chi connectivity index (χ2n) is 8.47. The van der Waals surface area contributed by atoms with E-state index in [1.165, 1.54) is 15.1 Å². The van der Waals surface area contributed by atoms with Gasteiger partial charge in [0.1, 0.15) is 5.69 Å². The molecule has 1 aliphatic heterocycles. The number of hydrogen-bond donors (Lipinski definition) is 0. The lowest BCUT2D eigenvalue weighted by molar-refractivity contribution is 0.0729. The van der Waals surface area contributed by atoms with Crippen LogP contribution in [0.2, 0.25) is 0 Å². The van der Waals surface area contributed by atoms with Crippen molar-refractivity contribution < 1.29 is 13.2 Å². The van der Waals surface area contributed by atoms with Crippen LogP contribution in [0.5, 0.6) is 0 Å². The van der Waals surface area contributed by atoms with E-state index in [0.29, 0.717) is 30.9 Å². The van der Waals surface area contributed by atoms with Crippen molar-refractivity contribution in [3.63, 3.8) is 0 Å². The van der Waals surface area contributed by atoms with Crippen LogP contribution in [0.4, 0.5) is 5.69 Å². The van der Waals surface area contributed by atoms with Gasteiger partial charge in [0.15, 0.2) is 5.03 Å². The number of sulfonamides is 1. The highest BCUT2D eigenvalue weighted by Crippen LogP contribution is 2.30. The number of pyridine rings is 1. The average molecular weight is 488 g/mol. The van der Waals surface area contributed by atoms with E-state index in [9.17, 15) is 13.2 Å². The Kier molecular flexibility index (Phi) is 6.08. The number of anilines is 1. The first kappa shape index (κ1) is 22.8. The van der Waals surface area contributed by atoms with Gasteiger partial charge in [-0.05, 0) is 53.4 Å². The number of rotatable bonds is 6. The van der Waals surface area contributed by atoms with Crippen LogP contribution in [0.25, 0.3) is 0 Å². The van der Waals surface area contributed by atoms with Crippen LogP contribution < -0.4 is 4.31 Å². The van der Waals surface area contributed by atoms with Crippen molar-refractivity contribution in [3.8, 4) is 0 Å². The molecule has 9 heteroatoms. The maximum Gasteiger partial charge on any atom is 0.283 e. The Morgan fingerprint density at radius 1 is 1.00 bits per heavy atom. The minimum Gasteiger partial charge on any atom is -0.333 e. The number of carbonyl (C=O) groups is 1. The molecule has 2 aromatic carbocycles. The summed E-state index contributed by atoms with van der Waals surface area (Å²) in [6, 6.07) is 21.9. The highest BCUT2D eigenvalue weighted by atomic mass is 32.2. The first-order valence-electron chi connectivity index (χ1n) is 11.3. The van der Waals surface area contributed by atoms with Crippen LogP contribution in [0, 0.1) is 0 Å². The predicted molar refractivity (Wildman–Crippen MR) is 132 cm³/mol. The third kappa shape index (κ3) is 4.67. The Bertz CT molecular complexity index is 1450. The molecule has 0 aliphatic carbocycles. The highest BCUT2D eigenvalue weighted by molar-refractivity contribution is 7.92. The molecule has 35 heavy (non-hydrogen) atoms. The summed E-state index contributed by atoms with van der Waals surface area (Å²) in [6.07, 6.45) is 3.86. The first-order chi connectivity index (χ1) is 16.9. The summed E-state index contributed by atoms with van der Waals surface area (Å²) in [7, 11) is -2.20. The van der Waals surface area contributed by atoms with Gasteiger partial charge in [-0.1, -0.05) is 42.5 Å². The Morgan fingerprint density at radius 3 is 2.51 bits per heavy atom. The lowest BCUT2D eigenvalue weighted by atomic mass is 9.98. The molecule has 5 rings (SSSR count). The van der Waals surface area contributed by atoms with Crippen LogP contribution >= 0.6 is 0 Å². The van der Waals surface area contributed by atoms with E-state index in [1.54, 1.807) is 48.6 Å². The summed E-state index contributed by atoms with van der Waals surface area (Å²) in [4.78, 5) is 18.8. The summed E-state index contributed by atoms with van der Waals surface area (Å²) in [6.45, 7) is 1.18. The van der Waals surface area contributed by atoms with Crippen molar-refractivity contribution in [2.24, 2.45) is 7.05 Å². The standard InChI is InChI=1S/C26H25N5O3S/c1-29-15-13-25(28-29)35(33,34)31(18-20-7-3-2-4-8-20)23-11-10-22-19-30(16-12-21(22)17-23)26(32)24-9-5-6-14-27-24/h2-11,13-15,17H,12,16,18-19H2,1H3. The molecule has 2 aromatic heterocycles. The number of amides is 1. The summed E-state index contributed by atoms with van der Waals surface area (Å²) in [5.74, 6) is -0.108. The summed E-state index contributed by atoms with van der Waals surface area (Å²) in [5, 5.41) is 4.15. The molecule has 0 saturated heterocycles. The van der Waals surface area contributed by atoms with Crippen molar-refractivity contribution >= 4 is 21.6 Å². The molecule has 0 N–H and O–H groups in total. The molecule has 1 amide bonds. The molecule has 1 aliphatic rings. The second-order valence-corrected chi connectivity index (χ2v) is 10.3. The van der Waals surface area contributed by atoms with Crippen molar-refractivity contribution in [2.75, 3.05) is 10.8 Å². The fraction of sp³-hybridized carbons (Fsp3) is 0.192. The minimum atomic E-state index is -3.89. The molecule has 178 valence electrons. The molecular weight excluding hydrogens is 462 g/mol. The number of carbonyl (C=O) groups excluding carboxylic acids is 1. The molecule has 0 fully saturated rings. The molecule has 8 nitrogen and oxygen atoms in total. The molecular formula is C26H25N5O3S. The molecule has 0 radical (unpaired) electrons. The van der Waals surface area contributed by atoms with Crippen LogP contribution in [-0.2, 0) is 36.6 Å². The zero-order valence-corrected chi connectivity index (χ0v) is 20.1. The topological polar surface area (TPSA) is 88.4 Å². The van der Waals surface area contributed by atoms with Crippen molar-refractivity contribution in [2.45, 2.75) is 24.5 Å². The monoisotopic (exact) mass is 487 g/mol. The number of aromatic nitrogens is 3. The second kappa shape index (κ2) is 9.34. The van der Waals surface area contributed by atoms with Crippen LogP contribution in [0.15, 0.2) is 90.2 Å². The third-order valence-electron chi connectivity index (χ3n) is 6.07. The van der Waals surface area contributed by atoms with E-state index in [-0.39, 0.29) is 17.5 Å². The zero-order valence-electron chi connectivity index (χ0n) is 19.3. The van der Waals surface area contributed by atoms with Gasteiger partial charge in [0.05, 0.1) is 12.2 Å². The lowest BCUT2D eigenvalue weighted by Gasteiger charge is -2.30. The Labute approximate surface area is 204 Å².